The van der Waals surface area contributed by atoms with Gasteiger partial charge < -0.3 is 4.90 Å². The third-order valence-electron chi connectivity index (χ3n) is 4.22. The third kappa shape index (κ3) is 2.58. The zero-order chi connectivity index (χ0) is 14.1. The summed E-state index contributed by atoms with van der Waals surface area (Å²) in [6.07, 6.45) is 0. The van der Waals surface area contributed by atoms with Crippen molar-refractivity contribution in [3.63, 3.8) is 0 Å². The normalized spacial score (nSPS) is 18.2. The highest BCUT2D eigenvalue weighted by Gasteiger charge is 2.24. The van der Waals surface area contributed by atoms with Gasteiger partial charge in [-0.1, -0.05) is 12.1 Å². The molecule has 2 heterocycles. The van der Waals surface area contributed by atoms with E-state index < -0.39 is 0 Å². The number of hydrogen-bond donors (Lipinski definition) is 1. The van der Waals surface area contributed by atoms with Gasteiger partial charge in [-0.25, -0.2) is 9.55 Å². The second kappa shape index (κ2) is 5.54. The summed E-state index contributed by atoms with van der Waals surface area (Å²) in [5.41, 5.74) is 2.55. The summed E-state index contributed by atoms with van der Waals surface area (Å²) in [5.74, 6) is 1.32. The molecular formula is C16H25N4+. The van der Waals surface area contributed by atoms with Crippen molar-refractivity contribution < 1.29 is 4.57 Å². The Balaban J connectivity index is 1.88. The summed E-state index contributed by atoms with van der Waals surface area (Å²) in [5, 5.41) is 0. The second-order valence-corrected chi connectivity index (χ2v) is 6.13. The maximum atomic E-state index is 3.61. The highest BCUT2D eigenvalue weighted by atomic mass is 15.3. The fourth-order valence-electron chi connectivity index (χ4n) is 3.07. The number of para-hydroxylation sites is 2. The SMILES string of the molecule is CC(C)[n+]1c(CN2CCN(C)CC2)[nH]c2ccccc21. The number of likely N-dealkylation sites (N-methyl/N-ethyl adjacent to an activating group) is 1. The van der Waals surface area contributed by atoms with Gasteiger partial charge in [-0.3, -0.25) is 4.90 Å². The Bertz CT molecular complexity index is 579. The Labute approximate surface area is 121 Å². The van der Waals surface area contributed by atoms with Gasteiger partial charge in [-0.15, -0.1) is 0 Å². The molecule has 0 saturated carbocycles. The first-order valence-corrected chi connectivity index (χ1v) is 7.57. The van der Waals surface area contributed by atoms with Gasteiger partial charge in [0.1, 0.15) is 6.54 Å². The predicted molar refractivity (Wildman–Crippen MR) is 81.7 cm³/mol. The van der Waals surface area contributed by atoms with Gasteiger partial charge in [0.25, 0.3) is 5.82 Å². The first-order chi connectivity index (χ1) is 9.65. The molecule has 0 spiro atoms. The number of fused-ring (bicyclic) bond motifs is 1. The van der Waals surface area contributed by atoms with Gasteiger partial charge in [0, 0.05) is 26.2 Å². The summed E-state index contributed by atoms with van der Waals surface area (Å²) in [6.45, 7) is 10.2. The van der Waals surface area contributed by atoms with Crippen LogP contribution in [0.25, 0.3) is 11.0 Å². The van der Waals surface area contributed by atoms with Crippen molar-refractivity contribution in [3.05, 3.63) is 30.1 Å². The highest BCUT2D eigenvalue weighted by Crippen LogP contribution is 2.14. The maximum Gasteiger partial charge on any atom is 0.269 e. The van der Waals surface area contributed by atoms with E-state index in [0.29, 0.717) is 6.04 Å². The summed E-state index contributed by atoms with van der Waals surface area (Å²) < 4.78 is 2.44. The van der Waals surface area contributed by atoms with Crippen LogP contribution in [-0.2, 0) is 6.54 Å². The van der Waals surface area contributed by atoms with Gasteiger partial charge in [-0.05, 0) is 33.0 Å². The zero-order valence-electron chi connectivity index (χ0n) is 12.8. The number of piperazine rings is 1. The Morgan fingerprint density at radius 2 is 1.85 bits per heavy atom. The molecule has 4 heteroatoms. The molecular weight excluding hydrogens is 248 g/mol. The summed E-state index contributed by atoms with van der Waals surface area (Å²) in [6, 6.07) is 9.08. The lowest BCUT2D eigenvalue weighted by molar-refractivity contribution is -0.699. The summed E-state index contributed by atoms with van der Waals surface area (Å²) in [7, 11) is 2.20. The van der Waals surface area contributed by atoms with Crippen molar-refractivity contribution in [1.82, 2.24) is 14.8 Å². The van der Waals surface area contributed by atoms with Gasteiger partial charge in [0.15, 0.2) is 11.0 Å². The van der Waals surface area contributed by atoms with Crippen LogP contribution in [-0.4, -0.2) is 48.0 Å². The number of rotatable bonds is 3. The van der Waals surface area contributed by atoms with Crippen LogP contribution in [0, 0.1) is 0 Å². The number of H-pyrrole nitrogens is 1. The molecule has 0 aliphatic carbocycles. The molecule has 1 fully saturated rings. The summed E-state index contributed by atoms with van der Waals surface area (Å²) in [4.78, 5) is 8.56. The molecule has 1 aliphatic heterocycles. The minimum atomic E-state index is 0.480. The number of nitrogens with zero attached hydrogens (tertiary/aromatic N) is 3. The van der Waals surface area contributed by atoms with Crippen LogP contribution in [0.2, 0.25) is 0 Å². The van der Waals surface area contributed by atoms with Crippen LogP contribution < -0.4 is 4.57 Å². The lowest BCUT2D eigenvalue weighted by Crippen LogP contribution is -2.47. The molecule has 108 valence electrons. The molecule has 3 rings (SSSR count). The van der Waals surface area contributed by atoms with Crippen LogP contribution in [0.3, 0.4) is 0 Å². The van der Waals surface area contributed by atoms with E-state index in [1.54, 1.807) is 0 Å². The standard InChI is InChI=1S/C16H24N4/c1-13(2)20-15-7-5-4-6-14(15)17-16(20)12-19-10-8-18(3)9-11-19/h4-7,13H,8-12H2,1-3H3/p+1. The van der Waals surface area contributed by atoms with Crippen molar-refractivity contribution in [3.8, 4) is 0 Å². The number of hydrogen-bond acceptors (Lipinski definition) is 2. The molecule has 1 saturated heterocycles. The van der Waals surface area contributed by atoms with Crippen LogP contribution in [0.5, 0.6) is 0 Å². The van der Waals surface area contributed by atoms with Gasteiger partial charge in [-0.2, -0.15) is 0 Å². The van der Waals surface area contributed by atoms with E-state index in [2.05, 4.69) is 64.5 Å². The summed E-state index contributed by atoms with van der Waals surface area (Å²) >= 11 is 0. The Morgan fingerprint density at radius 3 is 2.55 bits per heavy atom. The van der Waals surface area contributed by atoms with E-state index in [0.717, 1.165) is 19.6 Å². The minimum absolute atomic E-state index is 0.480. The van der Waals surface area contributed by atoms with E-state index in [-0.39, 0.29) is 0 Å². The highest BCUT2D eigenvalue weighted by molar-refractivity contribution is 5.71. The first kappa shape index (κ1) is 13.6. The lowest BCUT2D eigenvalue weighted by Gasteiger charge is -2.31. The van der Waals surface area contributed by atoms with Crippen molar-refractivity contribution in [1.29, 1.82) is 0 Å². The smallest absolute Gasteiger partial charge is 0.269 e. The molecule has 0 amide bonds. The zero-order valence-corrected chi connectivity index (χ0v) is 12.8. The van der Waals surface area contributed by atoms with Crippen molar-refractivity contribution in [2.24, 2.45) is 0 Å². The predicted octanol–water partition coefficient (Wildman–Crippen LogP) is 1.78. The van der Waals surface area contributed by atoms with Crippen LogP contribution in [0.1, 0.15) is 25.7 Å². The quantitative estimate of drug-likeness (QED) is 0.863. The molecule has 0 radical (unpaired) electrons. The lowest BCUT2D eigenvalue weighted by atomic mass is 10.3. The van der Waals surface area contributed by atoms with E-state index in [9.17, 15) is 0 Å². The van der Waals surface area contributed by atoms with Gasteiger partial charge in [0.2, 0.25) is 0 Å². The van der Waals surface area contributed by atoms with Crippen LogP contribution in [0.4, 0.5) is 0 Å². The second-order valence-electron chi connectivity index (χ2n) is 6.13. The average Bonchev–Trinajstić information content (AvgIpc) is 2.79. The Morgan fingerprint density at radius 1 is 1.15 bits per heavy atom. The molecule has 1 aliphatic rings. The molecule has 20 heavy (non-hydrogen) atoms. The first-order valence-electron chi connectivity index (χ1n) is 7.57. The van der Waals surface area contributed by atoms with Crippen molar-refractivity contribution in [2.75, 3.05) is 33.2 Å². The third-order valence-corrected chi connectivity index (χ3v) is 4.22. The van der Waals surface area contributed by atoms with Crippen molar-refractivity contribution >= 4 is 11.0 Å². The molecule has 0 bridgehead atoms. The largest absolute Gasteiger partial charge is 0.304 e. The molecule has 1 aromatic carbocycles. The molecule has 0 unspecified atom stereocenters. The molecule has 1 N–H and O–H groups in total. The maximum absolute atomic E-state index is 3.61. The van der Waals surface area contributed by atoms with E-state index in [1.165, 1.54) is 29.9 Å². The van der Waals surface area contributed by atoms with E-state index in [1.807, 2.05) is 0 Å². The average molecular weight is 273 g/mol. The van der Waals surface area contributed by atoms with Crippen LogP contribution >= 0.6 is 0 Å². The topological polar surface area (TPSA) is 26.1 Å². The Kier molecular flexibility index (Phi) is 3.76. The Hall–Kier alpha value is -1.39. The van der Waals surface area contributed by atoms with Crippen LogP contribution in [0.15, 0.2) is 24.3 Å². The number of benzene rings is 1. The number of aromatic nitrogens is 2. The number of aromatic amines is 1. The molecule has 0 atom stereocenters. The fraction of sp³-hybridized carbons (Fsp3) is 0.562. The van der Waals surface area contributed by atoms with E-state index >= 15 is 0 Å². The molecule has 4 nitrogen and oxygen atoms in total. The monoisotopic (exact) mass is 273 g/mol. The van der Waals surface area contributed by atoms with E-state index in [4.69, 9.17) is 0 Å². The van der Waals surface area contributed by atoms with Crippen molar-refractivity contribution in [2.45, 2.75) is 26.4 Å². The fourth-order valence-corrected chi connectivity index (χ4v) is 3.07. The number of nitrogens with one attached hydrogen (secondary N) is 1. The van der Waals surface area contributed by atoms with Gasteiger partial charge in [0.05, 0.1) is 6.04 Å². The number of imidazole rings is 1. The minimum Gasteiger partial charge on any atom is -0.304 e. The molecule has 1 aromatic heterocycles. The molecule has 2 aromatic rings. The van der Waals surface area contributed by atoms with Gasteiger partial charge >= 0.3 is 0 Å².